The standard InChI is InChI=1S/C17H24ClFN2O3/c1-16(2,3)24-15(23)21-7-5-17(4,6-8-21)13(22)12-9-11(19)10-20-14(12)18/h9-10,13,22H,5-8H2,1-4H3/t13-/m1/s1. The molecule has 1 aliphatic rings. The van der Waals surface area contributed by atoms with Crippen molar-refractivity contribution in [3.05, 3.63) is 28.8 Å². The lowest BCUT2D eigenvalue weighted by atomic mass is 9.73. The first kappa shape index (κ1) is 18.9. The van der Waals surface area contributed by atoms with Crippen molar-refractivity contribution in [2.45, 2.75) is 52.2 Å². The summed E-state index contributed by atoms with van der Waals surface area (Å²) in [5, 5.41) is 10.8. The number of hydrogen-bond acceptors (Lipinski definition) is 4. The van der Waals surface area contributed by atoms with Crippen LogP contribution in [0.4, 0.5) is 9.18 Å². The van der Waals surface area contributed by atoms with Gasteiger partial charge in [-0.25, -0.2) is 14.2 Å². The highest BCUT2D eigenvalue weighted by Crippen LogP contribution is 2.44. The normalized spacial score (nSPS) is 19.0. The quantitative estimate of drug-likeness (QED) is 0.813. The number of pyridine rings is 1. The molecular weight excluding hydrogens is 335 g/mol. The Morgan fingerprint density at radius 3 is 2.58 bits per heavy atom. The van der Waals surface area contributed by atoms with Crippen LogP contribution < -0.4 is 0 Å². The predicted octanol–water partition coefficient (Wildman–Crippen LogP) is 3.94. The number of rotatable bonds is 2. The fourth-order valence-electron chi connectivity index (χ4n) is 2.81. The van der Waals surface area contributed by atoms with Crippen LogP contribution in [0.5, 0.6) is 0 Å². The molecule has 1 aromatic rings. The molecule has 1 N–H and O–H groups in total. The second-order valence-electron chi connectivity index (χ2n) is 7.56. The molecule has 134 valence electrons. The van der Waals surface area contributed by atoms with Gasteiger partial charge in [-0.05, 0) is 39.7 Å². The van der Waals surface area contributed by atoms with Gasteiger partial charge < -0.3 is 14.7 Å². The van der Waals surface area contributed by atoms with Gasteiger partial charge in [-0.1, -0.05) is 18.5 Å². The molecule has 0 aliphatic carbocycles. The Balaban J connectivity index is 2.06. The second-order valence-corrected chi connectivity index (χ2v) is 7.92. The van der Waals surface area contributed by atoms with Gasteiger partial charge in [-0.3, -0.25) is 0 Å². The third-order valence-corrected chi connectivity index (χ3v) is 4.66. The van der Waals surface area contributed by atoms with E-state index in [0.717, 1.165) is 6.20 Å². The maximum atomic E-state index is 13.4. The average molecular weight is 359 g/mol. The van der Waals surface area contributed by atoms with Crippen molar-refractivity contribution >= 4 is 17.7 Å². The van der Waals surface area contributed by atoms with Crippen LogP contribution in [0.15, 0.2) is 12.3 Å². The summed E-state index contributed by atoms with van der Waals surface area (Å²) in [5.74, 6) is -0.539. The first-order chi connectivity index (χ1) is 11.0. The minimum atomic E-state index is -0.950. The zero-order valence-corrected chi connectivity index (χ0v) is 15.2. The van der Waals surface area contributed by atoms with E-state index >= 15 is 0 Å². The maximum absolute atomic E-state index is 13.4. The van der Waals surface area contributed by atoms with E-state index in [0.29, 0.717) is 25.9 Å². The van der Waals surface area contributed by atoms with Crippen molar-refractivity contribution in [3.8, 4) is 0 Å². The zero-order valence-electron chi connectivity index (χ0n) is 14.5. The predicted molar refractivity (Wildman–Crippen MR) is 89.3 cm³/mol. The van der Waals surface area contributed by atoms with Crippen LogP contribution >= 0.6 is 11.6 Å². The van der Waals surface area contributed by atoms with Gasteiger partial charge in [-0.2, -0.15) is 0 Å². The first-order valence-electron chi connectivity index (χ1n) is 7.99. The van der Waals surface area contributed by atoms with Crippen LogP contribution in [0.25, 0.3) is 0 Å². The van der Waals surface area contributed by atoms with Crippen LogP contribution in [0.2, 0.25) is 5.15 Å². The number of aliphatic hydroxyl groups excluding tert-OH is 1. The minimum Gasteiger partial charge on any atom is -0.444 e. The molecule has 1 aliphatic heterocycles. The number of aromatic nitrogens is 1. The summed E-state index contributed by atoms with van der Waals surface area (Å²) >= 11 is 6.00. The van der Waals surface area contributed by atoms with E-state index in [1.807, 2.05) is 27.7 Å². The Morgan fingerprint density at radius 1 is 1.46 bits per heavy atom. The van der Waals surface area contributed by atoms with E-state index in [4.69, 9.17) is 16.3 Å². The highest BCUT2D eigenvalue weighted by Gasteiger charge is 2.40. The molecule has 0 radical (unpaired) electrons. The molecule has 0 aromatic carbocycles. The summed E-state index contributed by atoms with van der Waals surface area (Å²) < 4.78 is 18.8. The van der Waals surface area contributed by atoms with Gasteiger partial charge in [0.15, 0.2) is 0 Å². The third kappa shape index (κ3) is 4.36. The second kappa shape index (κ2) is 6.84. The SMILES string of the molecule is CC(C)(C)OC(=O)N1CCC(C)([C@H](O)c2cc(F)cnc2Cl)CC1. The molecule has 0 saturated carbocycles. The molecule has 0 unspecified atom stereocenters. The van der Waals surface area contributed by atoms with Gasteiger partial charge in [-0.15, -0.1) is 0 Å². The molecule has 1 fully saturated rings. The van der Waals surface area contributed by atoms with Crippen LogP contribution in [-0.4, -0.2) is 39.8 Å². The van der Waals surface area contributed by atoms with Gasteiger partial charge in [0, 0.05) is 24.1 Å². The number of amides is 1. The average Bonchev–Trinajstić information content (AvgIpc) is 2.48. The molecule has 1 saturated heterocycles. The lowest BCUT2D eigenvalue weighted by Gasteiger charge is -2.42. The number of nitrogens with zero attached hydrogens (tertiary/aromatic N) is 2. The van der Waals surface area contributed by atoms with Crippen LogP contribution in [0.3, 0.4) is 0 Å². The summed E-state index contributed by atoms with van der Waals surface area (Å²) in [6, 6.07) is 1.21. The number of likely N-dealkylation sites (tertiary alicyclic amines) is 1. The highest BCUT2D eigenvalue weighted by atomic mass is 35.5. The van der Waals surface area contributed by atoms with E-state index in [1.165, 1.54) is 6.07 Å². The lowest BCUT2D eigenvalue weighted by molar-refractivity contribution is -0.0259. The van der Waals surface area contributed by atoms with E-state index in [1.54, 1.807) is 4.90 Å². The number of halogens is 2. The maximum Gasteiger partial charge on any atom is 0.410 e. The third-order valence-electron chi connectivity index (χ3n) is 4.34. The van der Waals surface area contributed by atoms with Gasteiger partial charge in [0.25, 0.3) is 0 Å². The van der Waals surface area contributed by atoms with Gasteiger partial charge in [0.05, 0.1) is 12.3 Å². The van der Waals surface area contributed by atoms with Crippen molar-refractivity contribution in [2.75, 3.05) is 13.1 Å². The van der Waals surface area contributed by atoms with Crippen LogP contribution in [-0.2, 0) is 4.74 Å². The molecular formula is C17H24ClFN2O3. The topological polar surface area (TPSA) is 62.7 Å². The Hall–Kier alpha value is -1.40. The fraction of sp³-hybridized carbons (Fsp3) is 0.647. The van der Waals surface area contributed by atoms with E-state index in [9.17, 15) is 14.3 Å². The summed E-state index contributed by atoms with van der Waals surface area (Å²) in [6.07, 6.45) is 0.824. The fourth-order valence-corrected chi connectivity index (χ4v) is 3.01. The Bertz CT molecular complexity index is 610. The minimum absolute atomic E-state index is 0.0969. The van der Waals surface area contributed by atoms with E-state index in [2.05, 4.69) is 4.98 Å². The molecule has 1 aromatic heterocycles. The molecule has 1 atom stereocenters. The van der Waals surface area contributed by atoms with Gasteiger partial charge in [0.1, 0.15) is 16.6 Å². The Morgan fingerprint density at radius 2 is 2.04 bits per heavy atom. The van der Waals surface area contributed by atoms with Crippen LogP contribution in [0, 0.1) is 11.2 Å². The van der Waals surface area contributed by atoms with Crippen molar-refractivity contribution < 1.29 is 19.0 Å². The molecule has 0 bridgehead atoms. The summed E-state index contributed by atoms with van der Waals surface area (Å²) in [4.78, 5) is 17.5. The smallest absolute Gasteiger partial charge is 0.410 e. The van der Waals surface area contributed by atoms with Gasteiger partial charge >= 0.3 is 6.09 Å². The zero-order chi connectivity index (χ0) is 18.1. The number of ether oxygens (including phenoxy) is 1. The van der Waals surface area contributed by atoms with Crippen molar-refractivity contribution in [3.63, 3.8) is 0 Å². The number of carbonyl (C=O) groups excluding carboxylic acids is 1. The number of aliphatic hydroxyl groups is 1. The summed E-state index contributed by atoms with van der Waals surface area (Å²) in [6.45, 7) is 8.29. The van der Waals surface area contributed by atoms with E-state index in [-0.39, 0.29) is 16.8 Å². The van der Waals surface area contributed by atoms with Crippen molar-refractivity contribution in [1.82, 2.24) is 9.88 Å². The van der Waals surface area contributed by atoms with Gasteiger partial charge in [0.2, 0.25) is 0 Å². The molecule has 7 heteroatoms. The number of carbonyl (C=O) groups is 1. The largest absolute Gasteiger partial charge is 0.444 e. The molecule has 2 heterocycles. The molecule has 0 spiro atoms. The molecule has 24 heavy (non-hydrogen) atoms. The molecule has 2 rings (SSSR count). The highest BCUT2D eigenvalue weighted by molar-refractivity contribution is 6.30. The first-order valence-corrected chi connectivity index (χ1v) is 8.36. The molecule has 1 amide bonds. The van der Waals surface area contributed by atoms with Crippen molar-refractivity contribution in [1.29, 1.82) is 0 Å². The molecule has 5 nitrogen and oxygen atoms in total. The van der Waals surface area contributed by atoms with Crippen molar-refractivity contribution in [2.24, 2.45) is 5.41 Å². The summed E-state index contributed by atoms with van der Waals surface area (Å²) in [7, 11) is 0. The van der Waals surface area contributed by atoms with E-state index < -0.39 is 22.9 Å². The Kier molecular flexibility index (Phi) is 5.40. The lowest BCUT2D eigenvalue weighted by Crippen LogP contribution is -2.46. The Labute approximate surface area is 146 Å². The number of piperidine rings is 1. The number of hydrogen-bond donors (Lipinski definition) is 1. The summed E-state index contributed by atoms with van der Waals surface area (Å²) in [5.41, 5.74) is -0.777. The van der Waals surface area contributed by atoms with Crippen LogP contribution in [0.1, 0.15) is 52.2 Å². The monoisotopic (exact) mass is 358 g/mol.